The first-order valence-electron chi connectivity index (χ1n) is 41.6. The van der Waals surface area contributed by atoms with Crippen molar-refractivity contribution in [2.45, 2.75) is 160 Å². The van der Waals surface area contributed by atoms with Crippen molar-refractivity contribution >= 4 is 44.2 Å². The lowest BCUT2D eigenvalue weighted by Gasteiger charge is -2.18. The van der Waals surface area contributed by atoms with Gasteiger partial charge >= 0.3 is 11.9 Å². The monoisotopic (exact) mass is 1730 g/mol. The van der Waals surface area contributed by atoms with Crippen molar-refractivity contribution in [1.82, 2.24) is 44.5 Å². The summed E-state index contributed by atoms with van der Waals surface area (Å²) in [5.74, 6) is 10.6. The molecule has 29 nitrogen and oxygen atoms in total. The van der Waals surface area contributed by atoms with Crippen molar-refractivity contribution in [3.05, 3.63) is 179 Å². The van der Waals surface area contributed by atoms with Crippen molar-refractivity contribution in [1.29, 1.82) is 0 Å². The van der Waals surface area contributed by atoms with E-state index in [4.69, 9.17) is 69.4 Å². The number of aromatic nitrogens is 9. The number of aryl methyl sites for hydroxylation is 4. The predicted molar refractivity (Wildman–Crippen MR) is 455 cm³/mol. The topological polar surface area (TPSA) is 385 Å². The molecule has 6 fully saturated rings. The first-order valence-corrected chi connectivity index (χ1v) is 43.0. The average molecular weight is 1740 g/mol. The second-order valence-corrected chi connectivity index (χ2v) is 33.7. The molecule has 6 N–H and O–H groups in total. The number of epoxide rings is 1. The van der Waals surface area contributed by atoms with E-state index in [1.165, 1.54) is 49.1 Å². The first kappa shape index (κ1) is 96.8. The van der Waals surface area contributed by atoms with Crippen LogP contribution < -0.4 is 14.2 Å². The normalized spacial score (nSPS) is 21.9. The molecule has 0 amide bonds. The van der Waals surface area contributed by atoms with E-state index in [0.29, 0.717) is 134 Å². The summed E-state index contributed by atoms with van der Waals surface area (Å²) in [6.45, 7) is 32.9. The van der Waals surface area contributed by atoms with E-state index < -0.39 is 46.3 Å². The number of carboxylic acid groups (broad SMARTS) is 1. The second-order valence-electron chi connectivity index (χ2n) is 31.5. The zero-order valence-electron chi connectivity index (χ0n) is 72.7. The second kappa shape index (κ2) is 47.2. The molecule has 670 valence electrons. The number of pyridine rings is 1. The van der Waals surface area contributed by atoms with Gasteiger partial charge in [0.1, 0.15) is 66.3 Å². The molecule has 18 rings (SSSR count). The van der Waals surface area contributed by atoms with Gasteiger partial charge in [0, 0.05) is 83.2 Å². The Morgan fingerprint density at radius 3 is 1.90 bits per heavy atom. The van der Waals surface area contributed by atoms with Crippen LogP contribution in [0.4, 0.5) is 13.2 Å². The van der Waals surface area contributed by atoms with Crippen LogP contribution >= 0.6 is 0 Å². The minimum absolute atomic E-state index is 0.0613. The van der Waals surface area contributed by atoms with Crippen LogP contribution in [0.3, 0.4) is 0 Å². The molecule has 4 aliphatic carbocycles. The number of Topliss-reactive ketones (excluding diaryl/α,β-unsaturated/α-hetero) is 1. The number of rotatable bonds is 18. The number of hydrogen-bond donors (Lipinski definition) is 6. The molecule has 7 aromatic rings. The highest BCUT2D eigenvalue weighted by molar-refractivity contribution is 7.89. The number of ether oxygens (including phenoxy) is 9. The van der Waals surface area contributed by atoms with Crippen LogP contribution in [0.2, 0.25) is 0 Å². The Kier molecular flexibility index (Phi) is 37.2. The lowest BCUT2D eigenvalue weighted by molar-refractivity contribution is -0.144. The van der Waals surface area contributed by atoms with Gasteiger partial charge in [-0.2, -0.15) is 20.4 Å². The number of aliphatic hydroxyl groups excluding tert-OH is 3. The fraction of sp³-hybridized carbons (Fsp3) is 0.522. The van der Waals surface area contributed by atoms with Crippen molar-refractivity contribution in [3.63, 3.8) is 0 Å². The van der Waals surface area contributed by atoms with Gasteiger partial charge in [-0.05, 0) is 128 Å². The molecule has 11 aliphatic rings. The van der Waals surface area contributed by atoms with Gasteiger partial charge in [0.15, 0.2) is 38.7 Å². The van der Waals surface area contributed by atoms with Crippen LogP contribution in [0.1, 0.15) is 149 Å². The molecule has 5 aromatic heterocycles. The number of carbonyl (C=O) groups is 4. The lowest BCUT2D eigenvalue weighted by atomic mass is 9.90. The minimum Gasteiger partial charge on any atom is -0.489 e. The molecule has 7 aliphatic heterocycles. The van der Waals surface area contributed by atoms with Crippen molar-refractivity contribution in [2.24, 2.45) is 36.6 Å². The number of nitrogens with zero attached hydrogens (tertiary/aromatic N) is 8. The highest BCUT2D eigenvalue weighted by Crippen LogP contribution is 2.56. The number of alkyl halides is 1. The number of carboxylic acids is 1. The molecule has 0 spiro atoms. The number of aliphatic carboxylic acids is 1. The number of nitrogens with one attached hydrogen (secondary N) is 1. The van der Waals surface area contributed by atoms with Crippen molar-refractivity contribution in [2.75, 3.05) is 106 Å². The van der Waals surface area contributed by atoms with E-state index >= 15 is 0 Å². The van der Waals surface area contributed by atoms with Crippen molar-refractivity contribution in [3.8, 4) is 40.2 Å². The summed E-state index contributed by atoms with van der Waals surface area (Å²) >= 11 is 0. The fourth-order valence-corrected chi connectivity index (χ4v) is 14.8. The highest BCUT2D eigenvalue weighted by Gasteiger charge is 2.50. The number of esters is 1. The SMILES string of the molecule is C=CCO.C=CCOCC(O)C=C.CCC1CO1.CCOC(=O)Cn1nc(C)c2c1C1CC1CO2.C[C@@H](Cc1cc(F)cc(F)c1)c1nc(C#CC(C)(C)O)ccc1-c1cccc2c(CS(C)(=O)=O)nn(C)c12.Cc1[nH]nc2c1OCC1CC21.Cc1nn(CC(=O)O)c2c1OCC1CC21.O=C1C=CCOC1.O=C1COCC2CC12.OC1C=CCOC1.[2H]CF. The number of fused-ring (bicyclic) bond motifs is 11. The van der Waals surface area contributed by atoms with E-state index in [1.54, 1.807) is 65.3 Å². The lowest BCUT2D eigenvalue weighted by Crippen LogP contribution is -2.19. The number of aliphatic hydroxyl groups is 4. The molecule has 123 heavy (non-hydrogen) atoms. The highest BCUT2D eigenvalue weighted by atomic mass is 32.2. The molecule has 0 radical (unpaired) electrons. The number of para-hydroxylation sites is 1. The van der Waals surface area contributed by atoms with E-state index in [-0.39, 0.29) is 55.8 Å². The summed E-state index contributed by atoms with van der Waals surface area (Å²) in [4.78, 5) is 47.9. The fourth-order valence-electron chi connectivity index (χ4n) is 14.1. The van der Waals surface area contributed by atoms with Gasteiger partial charge in [0.2, 0.25) is 0 Å². The Labute approximate surface area is 718 Å². The van der Waals surface area contributed by atoms with Gasteiger partial charge in [0.05, 0.1) is 146 Å². The molecular weight excluding hydrogens is 1620 g/mol. The largest absolute Gasteiger partial charge is 0.489 e. The van der Waals surface area contributed by atoms with Gasteiger partial charge < -0.3 is 68.2 Å². The number of hydrogen-bond acceptors (Lipinski definition) is 24. The summed E-state index contributed by atoms with van der Waals surface area (Å²) in [6, 6.07) is 12.6. The number of halogens is 3. The molecule has 33 heteroatoms. The smallest absolute Gasteiger partial charge is 0.327 e. The molecule has 4 saturated carbocycles. The molecule has 2 saturated heterocycles. The summed E-state index contributed by atoms with van der Waals surface area (Å²) in [6.07, 6.45) is 18.3. The molecule has 11 unspecified atom stereocenters. The third-order valence-electron chi connectivity index (χ3n) is 20.5. The summed E-state index contributed by atoms with van der Waals surface area (Å²) in [7, 11) is -2.55. The zero-order chi connectivity index (χ0) is 90.5. The number of benzene rings is 2. The predicted octanol–water partition coefficient (Wildman–Crippen LogP) is 10.7. The average Bonchev–Trinajstić information content (AvgIpc) is 1.59. The maximum atomic E-state index is 13.9. The minimum atomic E-state index is -3.31. The van der Waals surface area contributed by atoms with E-state index in [1.807, 2.05) is 65.0 Å². The van der Waals surface area contributed by atoms with Crippen LogP contribution in [0.25, 0.3) is 22.0 Å². The Hall–Kier alpha value is -9.99. The Bertz CT molecular complexity index is 4980. The van der Waals surface area contributed by atoms with Gasteiger partial charge in [-0.15, -0.1) is 19.7 Å². The van der Waals surface area contributed by atoms with Crippen LogP contribution in [-0.2, 0) is 89.7 Å². The Morgan fingerprint density at radius 1 is 0.805 bits per heavy atom. The van der Waals surface area contributed by atoms with E-state index in [2.05, 4.69) is 64.0 Å². The standard InChI is InChI=1S/C29H29F2N3O3S.C12H16N2O3.C10H12N2O3.C8H10N2O.C7H12O2.C6H8O2.C5H8O2.C5H6O2.C4H8O.C3H6O.CH3F/c1-18(13-19-14-20(30)16-21(31)15-19)27-23(10-9-22(32-27)11-12-29(2,3)35)24-7-6-8-25-26(17-38(5,36)37)33-34(4)28(24)25;1-3-16-10(15)5-14-11-9-4-8(9)6-17-12(11)7(2)13-14;1-5-10-9(7-2-6(7)4-15-10)12(11-5)3-8(13)14;1-4-8-7(10-9-4)6-2-5(6)3-11-8;1-3-5-9-6-7(8)4-2;7-6-3-8-2-4-1-5(4)6;2*6-5-2-1-3-7-4-5;1-2-4-3-5-4;1-2-3-4;1-2/h6-10,14-16,18,35H,13,17H2,1-5H3;8-9H,3-6H2,1-2H3;6-7H,2-4H2,1H3,(H,13,14);5-6H,2-3H2,1H3,(H,9,10);3-4,7-8H,1-2,5-6H2;4-5H,1-3H2;1-2,5-6H,3-4H2;1-2H,3-4H2;4H,2-3H2,1H3;2,4H,1,3H2;1H3/t18-;;;;;;;;;;/m0........../s1/i;;;;;;;;;;1D. The Balaban J connectivity index is 0.000000186. The third-order valence-corrected chi connectivity index (χ3v) is 21.3. The molecule has 12 atom stereocenters. The maximum absolute atomic E-state index is 13.9. The van der Waals surface area contributed by atoms with Crippen LogP contribution in [0.5, 0.6) is 17.2 Å². The van der Waals surface area contributed by atoms with E-state index in [0.717, 1.165) is 127 Å². The number of aromatic amines is 1. The molecule has 12 heterocycles. The first-order chi connectivity index (χ1) is 59.2. The van der Waals surface area contributed by atoms with Crippen molar-refractivity contribution < 1.29 is 110 Å². The summed E-state index contributed by atoms with van der Waals surface area (Å²) < 4.78 is 118. The van der Waals surface area contributed by atoms with Gasteiger partial charge in [0.25, 0.3) is 0 Å². The maximum Gasteiger partial charge on any atom is 0.327 e. The molecular formula is C90H118F3N9O20S. The summed E-state index contributed by atoms with van der Waals surface area (Å²) in [5.41, 5.74) is 9.13. The van der Waals surface area contributed by atoms with Crippen LogP contribution in [0.15, 0.2) is 111 Å². The molecule has 2 aromatic carbocycles. The van der Waals surface area contributed by atoms with Crippen LogP contribution in [-0.4, -0.2) is 232 Å². The third kappa shape index (κ3) is 30.7. The molecule has 0 bridgehead atoms. The quantitative estimate of drug-likeness (QED) is 0.0153. The van der Waals surface area contributed by atoms with Gasteiger partial charge in [-0.3, -0.25) is 42.7 Å². The van der Waals surface area contributed by atoms with Crippen LogP contribution in [0, 0.1) is 73.8 Å². The summed E-state index contributed by atoms with van der Waals surface area (Å²) in [5, 5.41) is 65.1. The zero-order valence-corrected chi connectivity index (χ0v) is 72.5. The number of ketones is 2. The van der Waals surface area contributed by atoms with Gasteiger partial charge in [-0.1, -0.05) is 74.4 Å². The number of sulfone groups is 1. The number of carbonyl (C=O) groups excluding carboxylic acids is 3. The Morgan fingerprint density at radius 2 is 1.41 bits per heavy atom. The van der Waals surface area contributed by atoms with E-state index in [9.17, 15) is 45.9 Å². The number of H-pyrrole nitrogens is 1. The van der Waals surface area contributed by atoms with Gasteiger partial charge in [-0.25, -0.2) is 22.2 Å².